The third-order valence-electron chi connectivity index (χ3n) is 0.0861. The maximum Gasteiger partial charge on any atom is 0.433 e. The molecule has 0 saturated carbocycles. The summed E-state index contributed by atoms with van der Waals surface area (Å²) in [4.78, 5) is 16.6. The number of carbonyl (C=O) groups is 1. The third-order valence-corrected chi connectivity index (χ3v) is 0.0861. The molecule has 0 atom stereocenters. The van der Waals surface area contributed by atoms with Gasteiger partial charge in [0.1, 0.15) is 0 Å². The van der Waals surface area contributed by atoms with Gasteiger partial charge in [-0.25, -0.2) is 4.79 Å². The van der Waals surface area contributed by atoms with Crippen molar-refractivity contribution >= 4 is 6.41 Å². The van der Waals surface area contributed by atoms with Gasteiger partial charge in [0.2, 0.25) is 0 Å². The second-order valence-electron chi connectivity index (χ2n) is 0.391. The SMILES string of the molecule is O=C[N+](=O)[O-].[Cu]. The molecular weight excluding hydrogens is 138 g/mol. The van der Waals surface area contributed by atoms with Gasteiger partial charge in [-0.05, 0) is 0 Å². The molecule has 39 valence electrons. The molecule has 6 heavy (non-hydrogen) atoms. The average molecular weight is 139 g/mol. The predicted molar refractivity (Wildman–Crippen MR) is 13.1 cm³/mol. The summed E-state index contributed by atoms with van der Waals surface area (Å²) in [7, 11) is 0. The van der Waals surface area contributed by atoms with Gasteiger partial charge in [-0.15, -0.1) is 0 Å². The molecule has 1 radical (unpaired) electrons. The third kappa shape index (κ3) is 9.53. The standard InChI is InChI=1S/CHNO3.Cu/c3-1-2(4)5;/h1H;. The predicted octanol–water partition coefficient (Wildman–Crippen LogP) is -0.583. The topological polar surface area (TPSA) is 60.2 Å². The second kappa shape index (κ2) is 4.59. The Morgan fingerprint density at radius 3 is 1.83 bits per heavy atom. The van der Waals surface area contributed by atoms with E-state index >= 15 is 0 Å². The van der Waals surface area contributed by atoms with Gasteiger partial charge in [-0.2, -0.15) is 0 Å². The summed E-state index contributed by atoms with van der Waals surface area (Å²) in [6, 6.07) is 0. The van der Waals surface area contributed by atoms with Gasteiger partial charge in [0.15, 0.2) is 0 Å². The Balaban J connectivity index is 0. The van der Waals surface area contributed by atoms with E-state index in [1.54, 1.807) is 0 Å². The van der Waals surface area contributed by atoms with Gasteiger partial charge in [0.05, 0.1) is 4.92 Å². The molecule has 0 aromatic heterocycles. The molecule has 0 heterocycles. The zero-order valence-electron chi connectivity index (χ0n) is 2.55. The summed E-state index contributed by atoms with van der Waals surface area (Å²) in [6.45, 7) is 0. The van der Waals surface area contributed by atoms with Gasteiger partial charge in [0.25, 0.3) is 0 Å². The summed E-state index contributed by atoms with van der Waals surface area (Å²) >= 11 is 0. The molecule has 0 unspecified atom stereocenters. The summed E-state index contributed by atoms with van der Waals surface area (Å²) in [5, 5.41) is 8.81. The Labute approximate surface area is 44.1 Å². The molecule has 1 amide bonds. The van der Waals surface area contributed by atoms with E-state index in [0.29, 0.717) is 0 Å². The van der Waals surface area contributed by atoms with E-state index in [0.717, 1.165) is 0 Å². The molecular formula is CHCuNO3. The summed E-state index contributed by atoms with van der Waals surface area (Å²) in [6.07, 6.45) is -0.361. The number of carbonyl (C=O) groups excluding carboxylic acids is 1. The monoisotopic (exact) mass is 138 g/mol. The van der Waals surface area contributed by atoms with Crippen LogP contribution in [0.2, 0.25) is 0 Å². The molecule has 4 nitrogen and oxygen atoms in total. The van der Waals surface area contributed by atoms with Gasteiger partial charge >= 0.3 is 6.41 Å². The van der Waals surface area contributed by atoms with Crippen molar-refractivity contribution in [1.82, 2.24) is 0 Å². The first-order valence-corrected chi connectivity index (χ1v) is 0.859. The van der Waals surface area contributed by atoms with Crippen LogP contribution < -0.4 is 0 Å². The molecule has 0 aromatic rings. The fourth-order valence-electron chi connectivity index (χ4n) is 0. The molecule has 0 bridgehead atoms. The van der Waals surface area contributed by atoms with Gasteiger partial charge in [0, 0.05) is 17.1 Å². The van der Waals surface area contributed by atoms with Gasteiger partial charge in [-0.3, -0.25) is 10.1 Å². The molecule has 0 rings (SSSR count). The number of hydrogen-bond donors (Lipinski definition) is 0. The molecule has 0 aliphatic heterocycles. The largest absolute Gasteiger partial charge is 0.433 e. The number of nitrogens with zero attached hydrogens (tertiary/aromatic N) is 1. The van der Waals surface area contributed by atoms with Crippen LogP contribution in [0.3, 0.4) is 0 Å². The van der Waals surface area contributed by atoms with Crippen LogP contribution in [0.25, 0.3) is 0 Å². The van der Waals surface area contributed by atoms with Crippen molar-refractivity contribution in [1.29, 1.82) is 0 Å². The first-order chi connectivity index (χ1) is 2.27. The molecule has 0 aromatic carbocycles. The van der Waals surface area contributed by atoms with Crippen LogP contribution in [0.1, 0.15) is 0 Å². The minimum Gasteiger partial charge on any atom is -0.256 e. The molecule has 5 heteroatoms. The van der Waals surface area contributed by atoms with E-state index < -0.39 is 4.92 Å². The number of nitro groups is 1. The van der Waals surface area contributed by atoms with Crippen LogP contribution in [0.15, 0.2) is 0 Å². The summed E-state index contributed by atoms with van der Waals surface area (Å²) < 4.78 is 0. The van der Waals surface area contributed by atoms with Crippen molar-refractivity contribution in [3.8, 4) is 0 Å². The molecule has 0 saturated heterocycles. The fourth-order valence-corrected chi connectivity index (χ4v) is 0. The summed E-state index contributed by atoms with van der Waals surface area (Å²) in [5.74, 6) is 0. The molecule has 0 N–H and O–H groups in total. The molecule has 0 spiro atoms. The fraction of sp³-hybridized carbons (Fsp3) is 0. The first kappa shape index (κ1) is 9.14. The van der Waals surface area contributed by atoms with Crippen LogP contribution >= 0.6 is 0 Å². The zero-order chi connectivity index (χ0) is 4.28. The zero-order valence-corrected chi connectivity index (χ0v) is 3.49. The molecule has 0 aliphatic rings. The van der Waals surface area contributed by atoms with E-state index in [9.17, 15) is 0 Å². The van der Waals surface area contributed by atoms with E-state index in [2.05, 4.69) is 0 Å². The Kier molecular flexibility index (Phi) is 6.99. The van der Waals surface area contributed by atoms with Crippen LogP contribution in [0, 0.1) is 10.1 Å². The quantitative estimate of drug-likeness (QED) is 0.211. The number of hydrogen-bond acceptors (Lipinski definition) is 3. The second-order valence-corrected chi connectivity index (χ2v) is 0.391. The van der Waals surface area contributed by atoms with Crippen molar-refractivity contribution in [2.24, 2.45) is 0 Å². The van der Waals surface area contributed by atoms with Crippen LogP contribution in [-0.2, 0) is 21.9 Å². The van der Waals surface area contributed by atoms with Crippen molar-refractivity contribution < 1.29 is 26.8 Å². The van der Waals surface area contributed by atoms with E-state index in [1.165, 1.54) is 0 Å². The number of rotatable bonds is 1. The maximum atomic E-state index is 8.81. The van der Waals surface area contributed by atoms with Gasteiger partial charge in [-0.1, -0.05) is 0 Å². The first-order valence-electron chi connectivity index (χ1n) is 0.859. The van der Waals surface area contributed by atoms with Crippen molar-refractivity contribution in [2.75, 3.05) is 0 Å². The number of amides is 1. The summed E-state index contributed by atoms with van der Waals surface area (Å²) in [5.41, 5.74) is 0. The van der Waals surface area contributed by atoms with Crippen LogP contribution in [-0.4, -0.2) is 11.3 Å². The Morgan fingerprint density at radius 1 is 1.67 bits per heavy atom. The van der Waals surface area contributed by atoms with Crippen LogP contribution in [0.5, 0.6) is 0 Å². The van der Waals surface area contributed by atoms with Gasteiger partial charge < -0.3 is 0 Å². The normalized spacial score (nSPS) is 5.33. The van der Waals surface area contributed by atoms with Crippen LogP contribution in [0.4, 0.5) is 0 Å². The van der Waals surface area contributed by atoms with E-state index in [1.807, 2.05) is 0 Å². The minimum atomic E-state index is -1.06. The van der Waals surface area contributed by atoms with Crippen molar-refractivity contribution in [2.45, 2.75) is 0 Å². The molecule has 0 fully saturated rings. The Bertz CT molecular complexity index is 61.8. The Morgan fingerprint density at radius 2 is 1.83 bits per heavy atom. The average Bonchev–Trinajstić information content (AvgIpc) is 1.38. The van der Waals surface area contributed by atoms with E-state index in [4.69, 9.17) is 14.9 Å². The molecule has 0 aliphatic carbocycles. The van der Waals surface area contributed by atoms with Crippen molar-refractivity contribution in [3.63, 3.8) is 0 Å². The maximum absolute atomic E-state index is 8.81. The van der Waals surface area contributed by atoms with Crippen molar-refractivity contribution in [3.05, 3.63) is 10.1 Å². The van der Waals surface area contributed by atoms with E-state index in [-0.39, 0.29) is 23.5 Å². The Hall–Kier alpha value is -0.411. The minimum absolute atomic E-state index is 0. The smallest absolute Gasteiger partial charge is 0.256 e.